The summed E-state index contributed by atoms with van der Waals surface area (Å²) < 4.78 is 0. The van der Waals surface area contributed by atoms with Gasteiger partial charge in [0, 0.05) is 17.1 Å². The van der Waals surface area contributed by atoms with Crippen molar-refractivity contribution in [2.24, 2.45) is 0 Å². The number of thiophene rings is 1. The largest absolute Gasteiger partial charge is 0.310 e. The lowest BCUT2D eigenvalue weighted by Crippen LogP contribution is -2.13. The Bertz CT molecular complexity index is 615. The average molecular weight is 266 g/mol. The third-order valence-electron chi connectivity index (χ3n) is 3.01. The molecular formula is C12H14N2OS2. The third kappa shape index (κ3) is 1.91. The van der Waals surface area contributed by atoms with Gasteiger partial charge < -0.3 is 4.98 Å². The summed E-state index contributed by atoms with van der Waals surface area (Å²) in [6, 6.07) is 0. The van der Waals surface area contributed by atoms with Gasteiger partial charge in [-0.25, -0.2) is 4.98 Å². The molecule has 2 aromatic heterocycles. The van der Waals surface area contributed by atoms with Crippen LogP contribution in [0, 0.1) is 0 Å². The van der Waals surface area contributed by atoms with Crippen LogP contribution in [0.2, 0.25) is 0 Å². The van der Waals surface area contributed by atoms with Crippen LogP contribution in [0.15, 0.2) is 4.79 Å². The van der Waals surface area contributed by atoms with Gasteiger partial charge in [-0.15, -0.1) is 11.3 Å². The summed E-state index contributed by atoms with van der Waals surface area (Å²) in [5.41, 5.74) is 1.31. The first-order chi connectivity index (χ1) is 8.29. The van der Waals surface area contributed by atoms with Crippen LogP contribution in [0.4, 0.5) is 0 Å². The molecule has 0 amide bonds. The minimum Gasteiger partial charge on any atom is -0.310 e. The summed E-state index contributed by atoms with van der Waals surface area (Å²) in [6.07, 6.45) is 2.87. The first kappa shape index (κ1) is 11.3. The van der Waals surface area contributed by atoms with Gasteiger partial charge in [0.25, 0.3) is 5.56 Å². The van der Waals surface area contributed by atoms with E-state index in [0.717, 1.165) is 46.8 Å². The van der Waals surface area contributed by atoms with Crippen LogP contribution in [0.25, 0.3) is 10.2 Å². The van der Waals surface area contributed by atoms with Crippen LogP contribution in [-0.4, -0.2) is 15.7 Å². The van der Waals surface area contributed by atoms with Gasteiger partial charge in [0.15, 0.2) is 0 Å². The lowest BCUT2D eigenvalue weighted by Gasteiger charge is -2.09. The summed E-state index contributed by atoms with van der Waals surface area (Å²) >= 11 is 3.65. The van der Waals surface area contributed by atoms with Crippen molar-refractivity contribution >= 4 is 33.3 Å². The molecule has 3 rings (SSSR count). The second-order valence-corrected chi connectivity index (χ2v) is 6.44. The zero-order valence-electron chi connectivity index (χ0n) is 9.71. The molecule has 2 aromatic rings. The molecule has 3 nitrogen and oxygen atoms in total. The van der Waals surface area contributed by atoms with Crippen LogP contribution in [0.1, 0.15) is 29.6 Å². The number of nitrogens with zero attached hydrogens (tertiary/aromatic N) is 1. The van der Waals surface area contributed by atoms with E-state index in [1.165, 1.54) is 10.4 Å². The van der Waals surface area contributed by atoms with Crippen LogP contribution in [-0.2, 0) is 18.6 Å². The Hall–Kier alpha value is -0.810. The third-order valence-corrected chi connectivity index (χ3v) is 5.30. The van der Waals surface area contributed by atoms with Gasteiger partial charge in [0.05, 0.1) is 5.39 Å². The molecule has 0 aliphatic carbocycles. The standard InChI is InChI=1S/C12H14N2OS2/c1-2-3-9-13-11(15)10-7-4-5-16-6-8(7)17-12(10)14-9/h2-6H2,1H3,(H,13,14,15). The molecule has 3 heterocycles. The van der Waals surface area contributed by atoms with E-state index in [1.807, 2.05) is 11.8 Å². The Morgan fingerprint density at radius 1 is 1.47 bits per heavy atom. The quantitative estimate of drug-likeness (QED) is 0.909. The van der Waals surface area contributed by atoms with Crippen LogP contribution < -0.4 is 5.56 Å². The number of hydrogen-bond donors (Lipinski definition) is 1. The van der Waals surface area contributed by atoms with Crippen molar-refractivity contribution in [1.82, 2.24) is 9.97 Å². The predicted molar refractivity (Wildman–Crippen MR) is 74.1 cm³/mol. The number of fused-ring (bicyclic) bond motifs is 3. The normalized spacial score (nSPS) is 15.1. The Balaban J connectivity index is 2.23. The summed E-state index contributed by atoms with van der Waals surface area (Å²) in [5.74, 6) is 2.99. The lowest BCUT2D eigenvalue weighted by molar-refractivity contribution is 0.838. The fourth-order valence-corrected chi connectivity index (χ4v) is 4.60. The molecule has 5 heteroatoms. The van der Waals surface area contributed by atoms with E-state index in [0.29, 0.717) is 0 Å². The zero-order chi connectivity index (χ0) is 11.8. The number of hydrogen-bond acceptors (Lipinski definition) is 4. The van der Waals surface area contributed by atoms with Crippen molar-refractivity contribution < 1.29 is 0 Å². The number of H-pyrrole nitrogens is 1. The Morgan fingerprint density at radius 3 is 3.18 bits per heavy atom. The second-order valence-electron chi connectivity index (χ2n) is 4.25. The van der Waals surface area contributed by atoms with Crippen LogP contribution in [0.5, 0.6) is 0 Å². The smallest absolute Gasteiger partial charge is 0.259 e. The fourth-order valence-electron chi connectivity index (χ4n) is 2.23. The van der Waals surface area contributed by atoms with Gasteiger partial charge in [-0.3, -0.25) is 4.79 Å². The minimum atomic E-state index is 0.0582. The molecule has 0 bridgehead atoms. The van der Waals surface area contributed by atoms with Gasteiger partial charge in [0.2, 0.25) is 0 Å². The van der Waals surface area contributed by atoms with E-state index in [-0.39, 0.29) is 5.56 Å². The van der Waals surface area contributed by atoms with Crippen molar-refractivity contribution in [2.75, 3.05) is 5.75 Å². The molecule has 1 N–H and O–H groups in total. The van der Waals surface area contributed by atoms with E-state index in [2.05, 4.69) is 16.9 Å². The van der Waals surface area contributed by atoms with Crippen molar-refractivity contribution in [3.63, 3.8) is 0 Å². The van der Waals surface area contributed by atoms with Crippen molar-refractivity contribution in [2.45, 2.75) is 31.9 Å². The number of aryl methyl sites for hydroxylation is 2. The molecule has 0 fully saturated rings. The minimum absolute atomic E-state index is 0.0582. The van der Waals surface area contributed by atoms with Crippen molar-refractivity contribution in [3.05, 3.63) is 26.6 Å². The number of rotatable bonds is 2. The number of aromatic nitrogens is 2. The maximum absolute atomic E-state index is 12.1. The molecule has 1 aliphatic rings. The van der Waals surface area contributed by atoms with E-state index in [1.54, 1.807) is 11.3 Å². The molecule has 0 aromatic carbocycles. The highest BCUT2D eigenvalue weighted by atomic mass is 32.2. The monoisotopic (exact) mass is 266 g/mol. The van der Waals surface area contributed by atoms with Crippen molar-refractivity contribution in [1.29, 1.82) is 0 Å². The van der Waals surface area contributed by atoms with E-state index >= 15 is 0 Å². The maximum atomic E-state index is 12.1. The molecule has 0 saturated carbocycles. The number of thioether (sulfide) groups is 1. The second kappa shape index (κ2) is 4.46. The van der Waals surface area contributed by atoms with Crippen molar-refractivity contribution in [3.8, 4) is 0 Å². The van der Waals surface area contributed by atoms with E-state index < -0.39 is 0 Å². The first-order valence-corrected chi connectivity index (χ1v) is 7.88. The SMILES string of the molecule is CCCc1nc2sc3c(c2c(=O)[nH]1)CCSC3. The summed E-state index contributed by atoms with van der Waals surface area (Å²) in [6.45, 7) is 2.10. The highest BCUT2D eigenvalue weighted by molar-refractivity contribution is 7.98. The first-order valence-electron chi connectivity index (χ1n) is 5.90. The van der Waals surface area contributed by atoms with Gasteiger partial charge in [-0.2, -0.15) is 11.8 Å². The molecule has 0 saturated heterocycles. The van der Waals surface area contributed by atoms with Crippen LogP contribution in [0.3, 0.4) is 0 Å². The van der Waals surface area contributed by atoms with Gasteiger partial charge in [0.1, 0.15) is 10.7 Å². The Morgan fingerprint density at radius 2 is 2.35 bits per heavy atom. The fraction of sp³-hybridized carbons (Fsp3) is 0.500. The molecule has 0 unspecified atom stereocenters. The highest BCUT2D eigenvalue weighted by Gasteiger charge is 2.19. The highest BCUT2D eigenvalue weighted by Crippen LogP contribution is 2.35. The molecule has 0 atom stereocenters. The molecule has 90 valence electrons. The number of aromatic amines is 1. The van der Waals surface area contributed by atoms with Gasteiger partial charge >= 0.3 is 0 Å². The topological polar surface area (TPSA) is 45.8 Å². The molecule has 0 radical (unpaired) electrons. The molecule has 0 spiro atoms. The van der Waals surface area contributed by atoms with E-state index in [4.69, 9.17) is 0 Å². The predicted octanol–water partition coefficient (Wildman–Crippen LogP) is 2.73. The summed E-state index contributed by atoms with van der Waals surface area (Å²) in [7, 11) is 0. The Labute approximate surface area is 108 Å². The maximum Gasteiger partial charge on any atom is 0.259 e. The summed E-state index contributed by atoms with van der Waals surface area (Å²) in [4.78, 5) is 21.9. The molecular weight excluding hydrogens is 252 g/mol. The Kier molecular flexibility index (Phi) is 2.96. The summed E-state index contributed by atoms with van der Waals surface area (Å²) in [5, 5.41) is 0.852. The van der Waals surface area contributed by atoms with Crippen LogP contribution >= 0.6 is 23.1 Å². The molecule has 1 aliphatic heterocycles. The number of nitrogens with one attached hydrogen (secondary N) is 1. The van der Waals surface area contributed by atoms with Gasteiger partial charge in [-0.05, 0) is 24.2 Å². The average Bonchev–Trinajstić information content (AvgIpc) is 2.67. The van der Waals surface area contributed by atoms with Gasteiger partial charge in [-0.1, -0.05) is 6.92 Å². The molecule has 17 heavy (non-hydrogen) atoms. The van der Waals surface area contributed by atoms with E-state index in [9.17, 15) is 4.79 Å². The lowest BCUT2D eigenvalue weighted by atomic mass is 10.1. The zero-order valence-corrected chi connectivity index (χ0v) is 11.3.